The Morgan fingerprint density at radius 3 is 2.84 bits per heavy atom. The zero-order valence-electron chi connectivity index (χ0n) is 14.2. The minimum atomic E-state index is -0.375. The second-order valence-electron chi connectivity index (χ2n) is 5.85. The van der Waals surface area contributed by atoms with Gasteiger partial charge in [0.05, 0.1) is 5.75 Å². The van der Waals surface area contributed by atoms with Crippen molar-refractivity contribution in [1.82, 2.24) is 21.0 Å². The molecule has 132 valence electrons. The van der Waals surface area contributed by atoms with Crippen LogP contribution in [0.4, 0.5) is 0 Å². The monoisotopic (exact) mass is 359 g/mol. The molecule has 0 spiro atoms. The van der Waals surface area contributed by atoms with E-state index < -0.39 is 0 Å². The first-order valence-electron chi connectivity index (χ1n) is 8.10. The molecule has 0 saturated heterocycles. The van der Waals surface area contributed by atoms with Crippen molar-refractivity contribution >= 4 is 28.7 Å². The molecule has 1 atom stereocenters. The van der Waals surface area contributed by atoms with E-state index in [0.29, 0.717) is 17.3 Å². The Hall–Kier alpha value is -2.48. The Kier molecular flexibility index (Phi) is 5.28. The fourth-order valence-corrected chi connectivity index (χ4v) is 3.48. The van der Waals surface area contributed by atoms with Gasteiger partial charge in [-0.25, -0.2) is 0 Å². The summed E-state index contributed by atoms with van der Waals surface area (Å²) in [5.74, 6) is 0.136. The number of rotatable bonds is 5. The summed E-state index contributed by atoms with van der Waals surface area (Å²) in [5.41, 5.74) is 5.57. The third-order valence-electron chi connectivity index (χ3n) is 4.17. The molecule has 0 bridgehead atoms. The molecular formula is C17H21N5O2S. The summed E-state index contributed by atoms with van der Waals surface area (Å²) in [6.07, 6.45) is 0.431. The minimum absolute atomic E-state index is 0.0357. The lowest BCUT2D eigenvalue weighted by Crippen LogP contribution is -2.55. The Labute approximate surface area is 150 Å². The van der Waals surface area contributed by atoms with E-state index in [2.05, 4.69) is 21.2 Å². The van der Waals surface area contributed by atoms with E-state index in [1.807, 2.05) is 42.2 Å². The summed E-state index contributed by atoms with van der Waals surface area (Å²) in [6.45, 7) is 4.26. The maximum Gasteiger partial charge on any atom is 0.251 e. The van der Waals surface area contributed by atoms with E-state index >= 15 is 0 Å². The van der Waals surface area contributed by atoms with Gasteiger partial charge in [-0.2, -0.15) is 5.10 Å². The normalized spacial score (nSPS) is 19.1. The third-order valence-corrected chi connectivity index (χ3v) is 5.12. The van der Waals surface area contributed by atoms with Gasteiger partial charge in [-0.3, -0.25) is 19.9 Å². The summed E-state index contributed by atoms with van der Waals surface area (Å²) < 4.78 is 0. The Bertz CT molecular complexity index is 732. The summed E-state index contributed by atoms with van der Waals surface area (Å²) in [5, 5.41) is 10.6. The van der Waals surface area contributed by atoms with Gasteiger partial charge in [0.25, 0.3) is 5.91 Å². The van der Waals surface area contributed by atoms with Crippen molar-refractivity contribution in [2.45, 2.75) is 26.6 Å². The van der Waals surface area contributed by atoms with Crippen LogP contribution in [0.2, 0.25) is 0 Å². The number of nitrogens with zero attached hydrogens (tertiary/aromatic N) is 2. The van der Waals surface area contributed by atoms with Crippen molar-refractivity contribution in [1.29, 1.82) is 0 Å². The van der Waals surface area contributed by atoms with E-state index in [4.69, 9.17) is 0 Å². The molecule has 25 heavy (non-hydrogen) atoms. The molecule has 0 aromatic heterocycles. The quantitative estimate of drug-likeness (QED) is 0.729. The summed E-state index contributed by atoms with van der Waals surface area (Å²) in [6, 6.07) is 10.0. The average Bonchev–Trinajstić information content (AvgIpc) is 3.01. The van der Waals surface area contributed by atoms with Crippen LogP contribution in [-0.4, -0.2) is 40.5 Å². The van der Waals surface area contributed by atoms with Crippen LogP contribution < -0.4 is 16.1 Å². The van der Waals surface area contributed by atoms with Gasteiger partial charge in [0.1, 0.15) is 0 Å². The molecule has 3 N–H and O–H groups in total. The topological polar surface area (TPSA) is 85.8 Å². The average molecular weight is 359 g/mol. The number of carbonyl (C=O) groups is 2. The molecule has 7 nitrogen and oxygen atoms in total. The van der Waals surface area contributed by atoms with Crippen molar-refractivity contribution in [3.05, 3.63) is 47.2 Å². The highest BCUT2D eigenvalue weighted by molar-refractivity contribution is 8.14. The predicted octanol–water partition coefficient (Wildman–Crippen LogP) is 0.962. The fraction of sp³-hybridized carbons (Fsp3) is 0.353. The molecule has 2 heterocycles. The van der Waals surface area contributed by atoms with Gasteiger partial charge in [-0.1, -0.05) is 42.1 Å². The first kappa shape index (κ1) is 17.3. The number of carbonyl (C=O) groups excluding carboxylic acids is 2. The van der Waals surface area contributed by atoms with Crippen molar-refractivity contribution in [2.24, 2.45) is 5.10 Å². The molecule has 1 unspecified atom stereocenters. The van der Waals surface area contributed by atoms with Crippen LogP contribution in [0.15, 0.2) is 46.7 Å². The standard InChI is InChI=1S/C17H21N5O2S/c1-11-12(2)22-16(19-15(11)24)20-21-17(22)25-10-14(23)18-9-8-13-6-4-3-5-7-13/h3-7,16,20H,8-10H2,1-2H3,(H,18,23)(H,19,24). The van der Waals surface area contributed by atoms with Gasteiger partial charge in [0.15, 0.2) is 11.5 Å². The number of hydrazone groups is 1. The third kappa shape index (κ3) is 3.96. The molecule has 1 aromatic carbocycles. The molecular weight excluding hydrogens is 338 g/mol. The van der Waals surface area contributed by atoms with Crippen molar-refractivity contribution in [3.63, 3.8) is 0 Å². The van der Waals surface area contributed by atoms with Crippen molar-refractivity contribution < 1.29 is 9.59 Å². The minimum Gasteiger partial charge on any atom is -0.355 e. The second-order valence-corrected chi connectivity index (χ2v) is 6.80. The molecule has 2 amide bonds. The van der Waals surface area contributed by atoms with Crippen LogP contribution >= 0.6 is 11.8 Å². The van der Waals surface area contributed by atoms with Crippen LogP contribution in [0.3, 0.4) is 0 Å². The zero-order valence-corrected chi connectivity index (χ0v) is 15.0. The molecule has 0 radical (unpaired) electrons. The van der Waals surface area contributed by atoms with Crippen molar-refractivity contribution in [2.75, 3.05) is 12.3 Å². The van der Waals surface area contributed by atoms with Crippen LogP contribution in [-0.2, 0) is 16.0 Å². The second kappa shape index (κ2) is 7.60. The lowest BCUT2D eigenvalue weighted by atomic mass is 10.1. The first-order chi connectivity index (χ1) is 12.1. The maximum atomic E-state index is 12.0. The number of thioether (sulfide) groups is 1. The molecule has 0 fully saturated rings. The van der Waals surface area contributed by atoms with E-state index in [0.717, 1.165) is 12.1 Å². The zero-order chi connectivity index (χ0) is 17.8. The maximum absolute atomic E-state index is 12.0. The van der Waals surface area contributed by atoms with Gasteiger partial charge in [-0.15, -0.1) is 0 Å². The molecule has 8 heteroatoms. The fourth-order valence-electron chi connectivity index (χ4n) is 2.62. The SMILES string of the molecule is CC1=C(C)N2C(SCC(=O)NCCc3ccccc3)=NNC2NC1=O. The molecule has 0 saturated carbocycles. The largest absolute Gasteiger partial charge is 0.355 e. The number of nitrogens with one attached hydrogen (secondary N) is 3. The lowest BCUT2D eigenvalue weighted by Gasteiger charge is -2.33. The highest BCUT2D eigenvalue weighted by Gasteiger charge is 2.36. The Balaban J connectivity index is 1.47. The summed E-state index contributed by atoms with van der Waals surface area (Å²) in [7, 11) is 0. The van der Waals surface area contributed by atoms with Crippen LogP contribution in [0.1, 0.15) is 19.4 Å². The molecule has 3 rings (SSSR count). The van der Waals surface area contributed by atoms with Gasteiger partial charge in [0.2, 0.25) is 5.91 Å². The van der Waals surface area contributed by atoms with E-state index in [1.54, 1.807) is 6.92 Å². The number of fused-ring (bicyclic) bond motifs is 1. The van der Waals surface area contributed by atoms with Gasteiger partial charge in [0, 0.05) is 17.8 Å². The summed E-state index contributed by atoms with van der Waals surface area (Å²) >= 11 is 1.35. The van der Waals surface area contributed by atoms with Gasteiger partial charge >= 0.3 is 0 Å². The number of hydrogen-bond acceptors (Lipinski definition) is 6. The molecule has 0 aliphatic carbocycles. The predicted molar refractivity (Wildman–Crippen MR) is 98.3 cm³/mol. The Morgan fingerprint density at radius 1 is 1.32 bits per heavy atom. The lowest BCUT2D eigenvalue weighted by molar-refractivity contribution is -0.120. The highest BCUT2D eigenvalue weighted by atomic mass is 32.2. The van der Waals surface area contributed by atoms with E-state index in [-0.39, 0.29) is 23.9 Å². The van der Waals surface area contributed by atoms with E-state index in [9.17, 15) is 9.59 Å². The van der Waals surface area contributed by atoms with E-state index in [1.165, 1.54) is 17.3 Å². The first-order valence-corrected chi connectivity index (χ1v) is 9.09. The van der Waals surface area contributed by atoms with Crippen LogP contribution in [0.25, 0.3) is 0 Å². The molecule has 1 aromatic rings. The van der Waals surface area contributed by atoms with Crippen LogP contribution in [0, 0.1) is 0 Å². The highest BCUT2D eigenvalue weighted by Crippen LogP contribution is 2.25. The number of amides is 2. The number of hydrogen-bond donors (Lipinski definition) is 3. The van der Waals surface area contributed by atoms with Crippen molar-refractivity contribution in [3.8, 4) is 0 Å². The summed E-state index contributed by atoms with van der Waals surface area (Å²) in [4.78, 5) is 25.7. The number of benzene rings is 1. The number of amidine groups is 1. The van der Waals surface area contributed by atoms with Crippen LogP contribution in [0.5, 0.6) is 0 Å². The smallest absolute Gasteiger partial charge is 0.251 e. The Morgan fingerprint density at radius 2 is 2.08 bits per heavy atom. The molecule has 2 aliphatic rings. The number of allylic oxidation sites excluding steroid dienone is 1. The molecule has 2 aliphatic heterocycles. The van der Waals surface area contributed by atoms with Gasteiger partial charge < -0.3 is 10.6 Å². The van der Waals surface area contributed by atoms with Gasteiger partial charge in [-0.05, 0) is 25.8 Å².